The highest BCUT2D eigenvalue weighted by molar-refractivity contribution is 5.25. The van der Waals surface area contributed by atoms with Crippen LogP contribution in [0.1, 0.15) is 44.8 Å². The Balaban J connectivity index is 2.38. The van der Waals surface area contributed by atoms with Gasteiger partial charge >= 0.3 is 0 Å². The molecule has 1 aliphatic rings. The third kappa shape index (κ3) is 2.65. The lowest BCUT2D eigenvalue weighted by Gasteiger charge is -2.44. The number of methoxy groups -OCH3 is 1. The lowest BCUT2D eigenvalue weighted by atomic mass is 9.85. The fourth-order valence-corrected chi connectivity index (χ4v) is 3.27. The summed E-state index contributed by atoms with van der Waals surface area (Å²) in [6.07, 6.45) is 7.03. The van der Waals surface area contributed by atoms with Gasteiger partial charge < -0.3 is 10.1 Å². The topological polar surface area (TPSA) is 50.3 Å². The van der Waals surface area contributed by atoms with Crippen molar-refractivity contribution in [1.29, 1.82) is 0 Å². The summed E-state index contributed by atoms with van der Waals surface area (Å²) in [5.41, 5.74) is 0.919. The highest BCUT2D eigenvalue weighted by Crippen LogP contribution is 2.37. The maximum Gasteiger partial charge on any atom is 0.237 e. The fourth-order valence-electron chi connectivity index (χ4n) is 3.27. The lowest BCUT2D eigenvalue weighted by Crippen LogP contribution is -2.53. The summed E-state index contributed by atoms with van der Waals surface area (Å²) in [5.74, 6) is 0.616. The Labute approximate surface area is 121 Å². The van der Waals surface area contributed by atoms with Crippen molar-refractivity contribution in [1.82, 2.24) is 20.2 Å². The van der Waals surface area contributed by atoms with Crippen molar-refractivity contribution in [2.75, 3.05) is 27.2 Å². The number of aromatic nitrogens is 2. The summed E-state index contributed by atoms with van der Waals surface area (Å²) in [5, 5.41) is 3.44. The van der Waals surface area contributed by atoms with Gasteiger partial charge in [0.2, 0.25) is 5.88 Å². The number of hydrogen-bond acceptors (Lipinski definition) is 5. The van der Waals surface area contributed by atoms with Gasteiger partial charge in [0, 0.05) is 17.9 Å². The second-order valence-corrected chi connectivity index (χ2v) is 5.58. The molecule has 20 heavy (non-hydrogen) atoms. The summed E-state index contributed by atoms with van der Waals surface area (Å²) >= 11 is 0. The van der Waals surface area contributed by atoms with Crippen molar-refractivity contribution in [3.8, 4) is 5.88 Å². The Kier molecular flexibility index (Phi) is 4.94. The number of hydrogen-bond donors (Lipinski definition) is 1. The van der Waals surface area contributed by atoms with Crippen molar-refractivity contribution in [2.45, 2.75) is 44.7 Å². The number of likely N-dealkylation sites (tertiary alicyclic amines) is 1. The maximum atomic E-state index is 5.40. The number of rotatable bonds is 6. The molecule has 1 saturated heterocycles. The van der Waals surface area contributed by atoms with Crippen LogP contribution in [0.2, 0.25) is 0 Å². The van der Waals surface area contributed by atoms with E-state index in [1.165, 1.54) is 12.8 Å². The Hall–Kier alpha value is -1.20. The Morgan fingerprint density at radius 1 is 1.35 bits per heavy atom. The van der Waals surface area contributed by atoms with Gasteiger partial charge in [-0.25, -0.2) is 4.98 Å². The van der Waals surface area contributed by atoms with Crippen LogP contribution in [-0.4, -0.2) is 47.7 Å². The first-order valence-electron chi connectivity index (χ1n) is 7.44. The first kappa shape index (κ1) is 15.2. The van der Waals surface area contributed by atoms with E-state index in [0.717, 1.165) is 25.2 Å². The van der Waals surface area contributed by atoms with Crippen molar-refractivity contribution < 1.29 is 4.74 Å². The third-order valence-electron chi connectivity index (χ3n) is 4.61. The quantitative estimate of drug-likeness (QED) is 0.862. The molecule has 1 N–H and O–H groups in total. The molecule has 2 atom stereocenters. The standard InChI is InChI=1S/C15H26N4O/c1-5-15(2,19-10-6-7-11-19)13(16-3)12-14(20-4)18-9-8-17-12/h8-9,13,16H,5-7,10-11H2,1-4H3. The van der Waals surface area contributed by atoms with Gasteiger partial charge in [-0.2, -0.15) is 0 Å². The zero-order valence-electron chi connectivity index (χ0n) is 13.0. The van der Waals surface area contributed by atoms with E-state index in [-0.39, 0.29) is 11.6 Å². The lowest BCUT2D eigenvalue weighted by molar-refractivity contribution is 0.0840. The van der Waals surface area contributed by atoms with E-state index in [0.29, 0.717) is 5.88 Å². The number of nitrogens with one attached hydrogen (secondary N) is 1. The average molecular weight is 278 g/mol. The van der Waals surface area contributed by atoms with E-state index < -0.39 is 0 Å². The summed E-state index contributed by atoms with van der Waals surface area (Å²) in [6.45, 7) is 6.87. The zero-order chi connectivity index (χ0) is 14.6. The molecule has 1 aliphatic heterocycles. The number of ether oxygens (including phenoxy) is 1. The van der Waals surface area contributed by atoms with Crippen LogP contribution in [0.15, 0.2) is 12.4 Å². The van der Waals surface area contributed by atoms with Gasteiger partial charge in [-0.3, -0.25) is 9.88 Å². The molecule has 1 aromatic heterocycles. The SMILES string of the molecule is CCC(C)(C(NC)c1nccnc1OC)N1CCCC1. The molecular formula is C15H26N4O. The van der Waals surface area contributed by atoms with Crippen LogP contribution in [0, 0.1) is 0 Å². The van der Waals surface area contributed by atoms with Crippen molar-refractivity contribution in [3.05, 3.63) is 18.1 Å². The monoisotopic (exact) mass is 278 g/mol. The molecule has 0 saturated carbocycles. The minimum absolute atomic E-state index is 0.0224. The molecule has 2 rings (SSSR count). The van der Waals surface area contributed by atoms with E-state index in [2.05, 4.69) is 34.0 Å². The fraction of sp³-hybridized carbons (Fsp3) is 0.733. The van der Waals surface area contributed by atoms with Crippen molar-refractivity contribution >= 4 is 0 Å². The zero-order valence-corrected chi connectivity index (χ0v) is 13.0. The third-order valence-corrected chi connectivity index (χ3v) is 4.61. The predicted octanol–water partition coefficient (Wildman–Crippen LogP) is 2.01. The van der Waals surface area contributed by atoms with Crippen LogP contribution in [0.3, 0.4) is 0 Å². The molecular weight excluding hydrogens is 252 g/mol. The highest BCUT2D eigenvalue weighted by Gasteiger charge is 2.41. The normalized spacial score (nSPS) is 20.6. The van der Waals surface area contributed by atoms with Crippen LogP contribution in [0.25, 0.3) is 0 Å². The van der Waals surface area contributed by atoms with Crippen LogP contribution in [0.5, 0.6) is 5.88 Å². The van der Waals surface area contributed by atoms with E-state index in [1.54, 1.807) is 19.5 Å². The van der Waals surface area contributed by atoms with Gasteiger partial charge in [-0.15, -0.1) is 0 Å². The maximum absolute atomic E-state index is 5.40. The van der Waals surface area contributed by atoms with Crippen LogP contribution in [-0.2, 0) is 0 Å². The summed E-state index contributed by atoms with van der Waals surface area (Å²) in [7, 11) is 3.64. The van der Waals surface area contributed by atoms with E-state index >= 15 is 0 Å². The molecule has 5 nitrogen and oxygen atoms in total. The van der Waals surface area contributed by atoms with Gasteiger partial charge in [-0.1, -0.05) is 6.92 Å². The number of nitrogens with zero attached hydrogens (tertiary/aromatic N) is 3. The van der Waals surface area contributed by atoms with Crippen LogP contribution < -0.4 is 10.1 Å². The summed E-state index contributed by atoms with van der Waals surface area (Å²) < 4.78 is 5.40. The number of likely N-dealkylation sites (N-methyl/N-ethyl adjacent to an activating group) is 1. The van der Waals surface area contributed by atoms with Gasteiger partial charge in [-0.05, 0) is 46.3 Å². The van der Waals surface area contributed by atoms with Gasteiger partial charge in [0.25, 0.3) is 0 Å². The second kappa shape index (κ2) is 6.50. The molecule has 0 amide bonds. The van der Waals surface area contributed by atoms with E-state index in [1.807, 2.05) is 7.05 Å². The first-order chi connectivity index (χ1) is 9.67. The average Bonchev–Trinajstić information content (AvgIpc) is 3.03. The minimum Gasteiger partial charge on any atom is -0.480 e. The summed E-state index contributed by atoms with van der Waals surface area (Å²) in [6, 6.07) is 0.106. The van der Waals surface area contributed by atoms with E-state index in [9.17, 15) is 0 Å². The molecule has 112 valence electrons. The highest BCUT2D eigenvalue weighted by atomic mass is 16.5. The van der Waals surface area contributed by atoms with Gasteiger partial charge in [0.1, 0.15) is 5.69 Å². The summed E-state index contributed by atoms with van der Waals surface area (Å²) in [4.78, 5) is 11.4. The molecule has 0 radical (unpaired) electrons. The van der Waals surface area contributed by atoms with E-state index in [4.69, 9.17) is 4.74 Å². The van der Waals surface area contributed by atoms with Crippen LogP contribution >= 0.6 is 0 Å². The Bertz CT molecular complexity index is 434. The van der Waals surface area contributed by atoms with Gasteiger partial charge in [0.15, 0.2) is 0 Å². The van der Waals surface area contributed by atoms with Crippen molar-refractivity contribution in [2.24, 2.45) is 0 Å². The minimum atomic E-state index is 0.0224. The van der Waals surface area contributed by atoms with Crippen LogP contribution in [0.4, 0.5) is 0 Å². The molecule has 2 unspecified atom stereocenters. The second-order valence-electron chi connectivity index (χ2n) is 5.58. The molecule has 0 spiro atoms. The Morgan fingerprint density at radius 2 is 2.00 bits per heavy atom. The molecule has 1 aromatic rings. The molecule has 0 bridgehead atoms. The van der Waals surface area contributed by atoms with Gasteiger partial charge in [0.05, 0.1) is 13.2 Å². The predicted molar refractivity (Wildman–Crippen MR) is 79.9 cm³/mol. The molecule has 5 heteroatoms. The molecule has 0 aromatic carbocycles. The largest absolute Gasteiger partial charge is 0.480 e. The smallest absolute Gasteiger partial charge is 0.237 e. The molecule has 2 heterocycles. The Morgan fingerprint density at radius 3 is 2.55 bits per heavy atom. The van der Waals surface area contributed by atoms with Crippen molar-refractivity contribution in [3.63, 3.8) is 0 Å². The molecule has 1 fully saturated rings. The first-order valence-corrected chi connectivity index (χ1v) is 7.44. The molecule has 0 aliphatic carbocycles.